The minimum atomic E-state index is -0.689. The number of benzene rings is 3. The molecule has 5 aromatic rings. The van der Waals surface area contributed by atoms with Crippen LogP contribution < -0.4 is 15.0 Å². The number of aromatic nitrogens is 2. The number of hydrogen-bond donors (Lipinski definition) is 0. The SMILES string of the molecule is CCOc1cc(C=Nn2c(-c3cc4cc(Br)ccc4o3)nc3ccccc3c2=O)cc([N+](=O)[O-])c1OCC(=O)OC(C)C. The number of carbonyl (C=O) groups is 1. The van der Waals surface area contributed by atoms with Crippen LogP contribution in [0.15, 0.2) is 79.4 Å². The summed E-state index contributed by atoms with van der Waals surface area (Å²) in [6.45, 7) is 4.65. The number of rotatable bonds is 10. The molecule has 0 amide bonds. The predicted molar refractivity (Wildman–Crippen MR) is 163 cm³/mol. The van der Waals surface area contributed by atoms with E-state index in [4.69, 9.17) is 18.6 Å². The van der Waals surface area contributed by atoms with Crippen LogP contribution >= 0.6 is 15.9 Å². The summed E-state index contributed by atoms with van der Waals surface area (Å²) >= 11 is 3.45. The molecule has 0 aliphatic rings. The van der Waals surface area contributed by atoms with Gasteiger partial charge in [0.25, 0.3) is 5.56 Å². The first-order valence-electron chi connectivity index (χ1n) is 13.2. The van der Waals surface area contributed by atoms with E-state index in [9.17, 15) is 19.7 Å². The number of halogens is 1. The van der Waals surface area contributed by atoms with Crippen molar-refractivity contribution < 1.29 is 28.3 Å². The van der Waals surface area contributed by atoms with Gasteiger partial charge >= 0.3 is 11.7 Å². The lowest BCUT2D eigenvalue weighted by molar-refractivity contribution is -0.385. The van der Waals surface area contributed by atoms with E-state index in [0.717, 1.165) is 14.5 Å². The largest absolute Gasteiger partial charge is 0.490 e. The minimum Gasteiger partial charge on any atom is -0.490 e. The summed E-state index contributed by atoms with van der Waals surface area (Å²) < 4.78 is 24.1. The second-order valence-corrected chi connectivity index (χ2v) is 10.4. The molecule has 0 atom stereocenters. The molecule has 0 saturated heterocycles. The summed E-state index contributed by atoms with van der Waals surface area (Å²) in [5.74, 6) is -0.474. The van der Waals surface area contributed by atoms with Crippen molar-refractivity contribution in [3.8, 4) is 23.1 Å². The zero-order chi connectivity index (χ0) is 30.7. The average molecular weight is 649 g/mol. The van der Waals surface area contributed by atoms with Gasteiger partial charge in [0.2, 0.25) is 11.6 Å². The Morgan fingerprint density at radius 2 is 1.95 bits per heavy atom. The van der Waals surface area contributed by atoms with Gasteiger partial charge in [0, 0.05) is 21.5 Å². The van der Waals surface area contributed by atoms with Crippen molar-refractivity contribution in [1.82, 2.24) is 9.66 Å². The third kappa shape index (κ3) is 6.41. The van der Waals surface area contributed by atoms with Crippen LogP contribution in [0.25, 0.3) is 33.5 Å². The second kappa shape index (κ2) is 12.4. The number of esters is 1. The molecule has 43 heavy (non-hydrogen) atoms. The Labute approximate surface area is 252 Å². The van der Waals surface area contributed by atoms with Crippen LogP contribution in [0.4, 0.5) is 5.69 Å². The van der Waals surface area contributed by atoms with E-state index in [2.05, 4.69) is 26.0 Å². The van der Waals surface area contributed by atoms with Crippen LogP contribution in [0.1, 0.15) is 26.3 Å². The maximum absolute atomic E-state index is 13.6. The Bertz CT molecular complexity index is 1950. The summed E-state index contributed by atoms with van der Waals surface area (Å²) in [5, 5.41) is 17.5. The van der Waals surface area contributed by atoms with Crippen molar-refractivity contribution in [1.29, 1.82) is 0 Å². The van der Waals surface area contributed by atoms with Crippen LogP contribution in [0.3, 0.4) is 0 Å². The summed E-state index contributed by atoms with van der Waals surface area (Å²) in [5.41, 5.74) is 0.327. The normalized spacial score (nSPS) is 11.5. The Balaban J connectivity index is 1.61. The van der Waals surface area contributed by atoms with Crippen molar-refractivity contribution in [2.45, 2.75) is 26.9 Å². The molecule has 220 valence electrons. The average Bonchev–Trinajstić information content (AvgIpc) is 3.38. The first-order valence-corrected chi connectivity index (χ1v) is 14.0. The summed E-state index contributed by atoms with van der Waals surface area (Å²) in [7, 11) is 0. The van der Waals surface area contributed by atoms with Crippen LogP contribution in [-0.4, -0.2) is 46.1 Å². The van der Waals surface area contributed by atoms with Crippen molar-refractivity contribution >= 4 is 55.7 Å². The molecule has 2 heterocycles. The van der Waals surface area contributed by atoms with Gasteiger partial charge in [-0.1, -0.05) is 28.1 Å². The first-order chi connectivity index (χ1) is 20.6. The number of furan rings is 1. The standard InChI is InChI=1S/C30H25BrN4O8/c1-4-40-25-12-18(11-23(35(38)39)28(25)41-16-27(36)42-17(2)3)15-32-34-29(33-22-8-6-5-7-21(22)30(34)37)26-14-19-13-20(31)9-10-24(19)43-26/h5-15,17H,4,16H2,1-3H3. The van der Waals surface area contributed by atoms with Gasteiger partial charge in [-0.05, 0) is 63.2 Å². The van der Waals surface area contributed by atoms with Gasteiger partial charge in [0.05, 0.1) is 34.8 Å². The molecule has 3 aromatic carbocycles. The molecular formula is C30H25BrN4O8. The number of hydrogen-bond acceptors (Lipinski definition) is 10. The van der Waals surface area contributed by atoms with Gasteiger partial charge in [-0.25, -0.2) is 9.78 Å². The molecule has 0 radical (unpaired) electrons. The van der Waals surface area contributed by atoms with E-state index in [0.29, 0.717) is 22.2 Å². The van der Waals surface area contributed by atoms with Gasteiger partial charge in [-0.2, -0.15) is 9.78 Å². The molecule has 0 fully saturated rings. The summed E-state index contributed by atoms with van der Waals surface area (Å²) in [6.07, 6.45) is 0.891. The van der Waals surface area contributed by atoms with Crippen LogP contribution in [0.2, 0.25) is 0 Å². The smallest absolute Gasteiger partial charge is 0.344 e. The lowest BCUT2D eigenvalue weighted by Gasteiger charge is -2.13. The van der Waals surface area contributed by atoms with Crippen molar-refractivity contribution in [2.75, 3.05) is 13.2 Å². The van der Waals surface area contributed by atoms with Crippen LogP contribution in [-0.2, 0) is 9.53 Å². The molecule has 0 aliphatic carbocycles. The Kier molecular flexibility index (Phi) is 8.53. The number of fused-ring (bicyclic) bond motifs is 2. The molecule has 13 heteroatoms. The molecule has 5 rings (SSSR count). The van der Waals surface area contributed by atoms with E-state index in [-0.39, 0.29) is 35.6 Å². The van der Waals surface area contributed by atoms with Crippen molar-refractivity contribution in [3.63, 3.8) is 0 Å². The Morgan fingerprint density at radius 1 is 1.16 bits per heavy atom. The lowest BCUT2D eigenvalue weighted by Crippen LogP contribution is -2.20. The quantitative estimate of drug-likeness (QED) is 0.0758. The van der Waals surface area contributed by atoms with E-state index in [1.165, 1.54) is 18.3 Å². The van der Waals surface area contributed by atoms with Gasteiger partial charge in [-0.3, -0.25) is 14.9 Å². The fourth-order valence-corrected chi connectivity index (χ4v) is 4.67. The van der Waals surface area contributed by atoms with E-state index >= 15 is 0 Å². The molecule has 0 spiro atoms. The zero-order valence-electron chi connectivity index (χ0n) is 23.3. The van der Waals surface area contributed by atoms with E-state index < -0.39 is 28.7 Å². The molecule has 2 aromatic heterocycles. The monoisotopic (exact) mass is 648 g/mol. The second-order valence-electron chi connectivity index (χ2n) is 9.49. The third-order valence-corrected chi connectivity index (χ3v) is 6.52. The zero-order valence-corrected chi connectivity index (χ0v) is 24.9. The number of nitro benzene ring substituents is 1. The van der Waals surface area contributed by atoms with Gasteiger partial charge in [-0.15, -0.1) is 0 Å². The maximum Gasteiger partial charge on any atom is 0.344 e. The van der Waals surface area contributed by atoms with Crippen LogP contribution in [0, 0.1) is 10.1 Å². The van der Waals surface area contributed by atoms with E-state index in [1.54, 1.807) is 57.2 Å². The highest BCUT2D eigenvalue weighted by Gasteiger charge is 2.24. The minimum absolute atomic E-state index is 0.0163. The highest BCUT2D eigenvalue weighted by Crippen LogP contribution is 2.38. The fourth-order valence-electron chi connectivity index (χ4n) is 4.29. The fraction of sp³-hybridized carbons (Fsp3) is 0.200. The topological polar surface area (TPSA) is 148 Å². The predicted octanol–water partition coefficient (Wildman–Crippen LogP) is 6.09. The molecular weight excluding hydrogens is 624 g/mol. The third-order valence-electron chi connectivity index (χ3n) is 6.03. The summed E-state index contributed by atoms with van der Waals surface area (Å²) in [4.78, 5) is 41.6. The molecule has 0 saturated carbocycles. The summed E-state index contributed by atoms with van der Waals surface area (Å²) in [6, 6.07) is 16.7. The molecule has 0 bridgehead atoms. The molecule has 12 nitrogen and oxygen atoms in total. The molecule has 0 unspecified atom stereocenters. The van der Waals surface area contributed by atoms with Gasteiger partial charge in [0.15, 0.2) is 18.1 Å². The number of para-hydroxylation sites is 1. The molecule has 0 N–H and O–H groups in total. The highest BCUT2D eigenvalue weighted by atomic mass is 79.9. The van der Waals surface area contributed by atoms with Crippen molar-refractivity contribution in [3.05, 3.63) is 91.2 Å². The van der Waals surface area contributed by atoms with Gasteiger partial charge in [0.1, 0.15) is 5.58 Å². The number of nitrogens with zero attached hydrogens (tertiary/aromatic N) is 4. The van der Waals surface area contributed by atoms with Crippen LogP contribution in [0.5, 0.6) is 11.5 Å². The van der Waals surface area contributed by atoms with Gasteiger partial charge < -0.3 is 18.6 Å². The lowest BCUT2D eigenvalue weighted by atomic mass is 10.2. The Hall–Kier alpha value is -5.04. The number of carbonyl (C=O) groups excluding carboxylic acids is 1. The van der Waals surface area contributed by atoms with E-state index in [1.807, 2.05) is 12.1 Å². The maximum atomic E-state index is 13.6. The van der Waals surface area contributed by atoms with Crippen molar-refractivity contribution in [2.24, 2.45) is 5.10 Å². The highest BCUT2D eigenvalue weighted by molar-refractivity contribution is 9.10. The number of nitro groups is 1. The first kappa shape index (κ1) is 29.5. The molecule has 0 aliphatic heterocycles. The number of ether oxygens (including phenoxy) is 3. The Morgan fingerprint density at radius 3 is 2.70 bits per heavy atom.